The number of carbonyl (C=O) groups is 2. The zero-order chi connectivity index (χ0) is 38.0. The molecular formula is C46H91NO5. The van der Waals surface area contributed by atoms with E-state index in [2.05, 4.69) is 19.2 Å². The van der Waals surface area contributed by atoms with Crippen LogP contribution >= 0.6 is 0 Å². The van der Waals surface area contributed by atoms with E-state index in [1.54, 1.807) is 0 Å². The SMILES string of the molecule is CCCCCCCCCCCCCCC(=O)OCCCCCCCCCCCCCCC(=O)NC(CO)C(O)CCCCCCCCCCCCC. The van der Waals surface area contributed by atoms with Crippen molar-refractivity contribution in [1.29, 1.82) is 0 Å². The summed E-state index contributed by atoms with van der Waals surface area (Å²) in [5, 5.41) is 23.1. The van der Waals surface area contributed by atoms with E-state index in [-0.39, 0.29) is 18.5 Å². The summed E-state index contributed by atoms with van der Waals surface area (Å²) in [6.07, 6.45) is 44.8. The molecule has 0 radical (unpaired) electrons. The van der Waals surface area contributed by atoms with E-state index < -0.39 is 12.1 Å². The fourth-order valence-electron chi connectivity index (χ4n) is 7.29. The lowest BCUT2D eigenvalue weighted by molar-refractivity contribution is -0.143. The van der Waals surface area contributed by atoms with Gasteiger partial charge in [-0.1, -0.05) is 219 Å². The molecule has 3 N–H and O–H groups in total. The molecular weight excluding hydrogens is 647 g/mol. The van der Waals surface area contributed by atoms with E-state index >= 15 is 0 Å². The van der Waals surface area contributed by atoms with Crippen molar-refractivity contribution in [1.82, 2.24) is 5.32 Å². The number of rotatable bonds is 43. The van der Waals surface area contributed by atoms with Crippen LogP contribution in [0.25, 0.3) is 0 Å². The molecule has 0 aliphatic carbocycles. The van der Waals surface area contributed by atoms with Gasteiger partial charge in [0.1, 0.15) is 0 Å². The largest absolute Gasteiger partial charge is 0.466 e. The molecule has 0 saturated heterocycles. The number of aliphatic hydroxyl groups excluding tert-OH is 2. The highest BCUT2D eigenvalue weighted by Crippen LogP contribution is 2.16. The van der Waals surface area contributed by atoms with Gasteiger partial charge < -0.3 is 20.3 Å². The van der Waals surface area contributed by atoms with Crippen LogP contribution in [0.4, 0.5) is 0 Å². The number of hydrogen-bond donors (Lipinski definition) is 3. The van der Waals surface area contributed by atoms with Gasteiger partial charge in [0.25, 0.3) is 0 Å². The van der Waals surface area contributed by atoms with Gasteiger partial charge in [-0.2, -0.15) is 0 Å². The normalized spacial score (nSPS) is 12.6. The molecule has 0 fully saturated rings. The van der Waals surface area contributed by atoms with Crippen LogP contribution in [0.3, 0.4) is 0 Å². The molecule has 0 aliphatic heterocycles. The maximum absolute atomic E-state index is 12.4. The summed E-state index contributed by atoms with van der Waals surface area (Å²) in [4.78, 5) is 24.4. The average Bonchev–Trinajstić information content (AvgIpc) is 3.14. The lowest BCUT2D eigenvalue weighted by Gasteiger charge is -2.22. The highest BCUT2D eigenvalue weighted by atomic mass is 16.5. The lowest BCUT2D eigenvalue weighted by Crippen LogP contribution is -2.45. The highest BCUT2D eigenvalue weighted by molar-refractivity contribution is 5.76. The van der Waals surface area contributed by atoms with Gasteiger partial charge in [-0.3, -0.25) is 9.59 Å². The number of hydrogen-bond acceptors (Lipinski definition) is 5. The molecule has 6 nitrogen and oxygen atoms in total. The predicted octanol–water partition coefficient (Wildman–Crippen LogP) is 13.2. The van der Waals surface area contributed by atoms with E-state index in [0.29, 0.717) is 25.9 Å². The van der Waals surface area contributed by atoms with Crippen LogP contribution in [-0.4, -0.2) is 47.4 Å². The van der Waals surface area contributed by atoms with Crippen LogP contribution in [0.1, 0.15) is 258 Å². The second-order valence-electron chi connectivity index (χ2n) is 16.1. The van der Waals surface area contributed by atoms with Crippen LogP contribution in [0.2, 0.25) is 0 Å². The number of amides is 1. The Morgan fingerprint density at radius 1 is 0.462 bits per heavy atom. The quantitative estimate of drug-likeness (QED) is 0.0428. The van der Waals surface area contributed by atoms with Gasteiger partial charge in [0.15, 0.2) is 0 Å². The van der Waals surface area contributed by atoms with E-state index in [4.69, 9.17) is 4.74 Å². The molecule has 310 valence electrons. The molecule has 2 atom stereocenters. The van der Waals surface area contributed by atoms with Gasteiger partial charge in [0.2, 0.25) is 5.91 Å². The number of unbranched alkanes of at least 4 members (excludes halogenated alkanes) is 32. The molecule has 0 saturated carbocycles. The molecule has 0 aromatic carbocycles. The third-order valence-corrected chi connectivity index (χ3v) is 10.9. The van der Waals surface area contributed by atoms with Crippen LogP contribution in [-0.2, 0) is 14.3 Å². The Kier molecular flexibility index (Phi) is 41.7. The second kappa shape index (κ2) is 42.6. The van der Waals surface area contributed by atoms with Crippen LogP contribution in [0.15, 0.2) is 0 Å². The Morgan fingerprint density at radius 2 is 0.788 bits per heavy atom. The van der Waals surface area contributed by atoms with Gasteiger partial charge in [0, 0.05) is 12.8 Å². The maximum Gasteiger partial charge on any atom is 0.305 e. The molecule has 0 bridgehead atoms. The van der Waals surface area contributed by atoms with E-state index in [0.717, 1.165) is 57.8 Å². The van der Waals surface area contributed by atoms with Crippen molar-refractivity contribution < 1.29 is 24.5 Å². The molecule has 0 spiro atoms. The number of nitrogens with one attached hydrogen (secondary N) is 1. The van der Waals surface area contributed by atoms with Crippen molar-refractivity contribution in [2.75, 3.05) is 13.2 Å². The van der Waals surface area contributed by atoms with Crippen molar-refractivity contribution >= 4 is 11.9 Å². The number of ether oxygens (including phenoxy) is 1. The minimum absolute atomic E-state index is 0.00858. The van der Waals surface area contributed by atoms with Crippen molar-refractivity contribution in [3.63, 3.8) is 0 Å². The first kappa shape index (κ1) is 50.9. The molecule has 0 aromatic heterocycles. The number of esters is 1. The fraction of sp³-hybridized carbons (Fsp3) is 0.957. The molecule has 0 aliphatic rings. The molecule has 52 heavy (non-hydrogen) atoms. The van der Waals surface area contributed by atoms with Crippen molar-refractivity contribution in [2.45, 2.75) is 270 Å². The van der Waals surface area contributed by atoms with Crippen molar-refractivity contribution in [3.05, 3.63) is 0 Å². The Morgan fingerprint density at radius 3 is 1.17 bits per heavy atom. The lowest BCUT2D eigenvalue weighted by atomic mass is 10.0. The van der Waals surface area contributed by atoms with Crippen molar-refractivity contribution in [2.24, 2.45) is 0 Å². The van der Waals surface area contributed by atoms with Crippen molar-refractivity contribution in [3.8, 4) is 0 Å². The summed E-state index contributed by atoms with van der Waals surface area (Å²) in [6.45, 7) is 4.91. The molecule has 2 unspecified atom stereocenters. The van der Waals surface area contributed by atoms with E-state index in [1.807, 2.05) is 0 Å². The topological polar surface area (TPSA) is 95.9 Å². The molecule has 0 aromatic rings. The molecule has 0 rings (SSSR count). The maximum atomic E-state index is 12.4. The van der Waals surface area contributed by atoms with Crippen LogP contribution in [0, 0.1) is 0 Å². The van der Waals surface area contributed by atoms with Gasteiger partial charge >= 0.3 is 5.97 Å². The summed E-state index contributed by atoms with van der Waals surface area (Å²) in [5.74, 6) is -0.0595. The molecule has 0 heterocycles. The summed E-state index contributed by atoms with van der Waals surface area (Å²) in [7, 11) is 0. The van der Waals surface area contributed by atoms with Gasteiger partial charge in [0.05, 0.1) is 25.4 Å². The third kappa shape index (κ3) is 38.6. The highest BCUT2D eigenvalue weighted by Gasteiger charge is 2.20. The van der Waals surface area contributed by atoms with E-state index in [1.165, 1.54) is 167 Å². The predicted molar refractivity (Wildman–Crippen MR) is 223 cm³/mol. The minimum Gasteiger partial charge on any atom is -0.466 e. The first-order valence-corrected chi connectivity index (χ1v) is 23.3. The Hall–Kier alpha value is -1.14. The summed E-state index contributed by atoms with van der Waals surface area (Å²) in [6, 6.07) is -0.549. The number of carbonyl (C=O) groups excluding carboxylic acids is 2. The third-order valence-electron chi connectivity index (χ3n) is 10.9. The minimum atomic E-state index is -0.670. The number of aliphatic hydroxyl groups is 2. The zero-order valence-corrected chi connectivity index (χ0v) is 35.1. The monoisotopic (exact) mass is 738 g/mol. The Bertz CT molecular complexity index is 732. The smallest absolute Gasteiger partial charge is 0.305 e. The molecule has 6 heteroatoms. The summed E-state index contributed by atoms with van der Waals surface area (Å²) < 4.78 is 5.44. The summed E-state index contributed by atoms with van der Waals surface area (Å²) >= 11 is 0. The van der Waals surface area contributed by atoms with E-state index in [9.17, 15) is 19.8 Å². The van der Waals surface area contributed by atoms with Gasteiger partial charge in [-0.05, 0) is 25.7 Å². The first-order chi connectivity index (χ1) is 25.5. The Labute approximate surface area is 324 Å². The first-order valence-electron chi connectivity index (χ1n) is 23.3. The summed E-state index contributed by atoms with van der Waals surface area (Å²) in [5.41, 5.74) is 0. The second-order valence-corrected chi connectivity index (χ2v) is 16.1. The van der Waals surface area contributed by atoms with Crippen LogP contribution in [0.5, 0.6) is 0 Å². The molecule has 1 amide bonds. The zero-order valence-electron chi connectivity index (χ0n) is 35.1. The van der Waals surface area contributed by atoms with Crippen LogP contribution < -0.4 is 5.32 Å². The fourth-order valence-corrected chi connectivity index (χ4v) is 7.29. The van der Waals surface area contributed by atoms with Gasteiger partial charge in [-0.25, -0.2) is 0 Å². The Balaban J connectivity index is 3.45. The van der Waals surface area contributed by atoms with Gasteiger partial charge in [-0.15, -0.1) is 0 Å². The average molecular weight is 738 g/mol. The standard InChI is InChI=1S/C46H91NO5/c1-3-5-7-9-11-13-15-20-24-28-32-36-40-46(51)52-41-37-33-29-25-21-17-16-19-23-27-31-35-39-45(50)47-43(42-48)44(49)38-34-30-26-22-18-14-12-10-8-6-4-2/h43-44,48-49H,3-42H2,1-2H3,(H,47,50).